The molecule has 116 valence electrons. The Hall–Kier alpha value is -2.53. The number of thiazole rings is 1. The molecule has 0 atom stereocenters. The van der Waals surface area contributed by atoms with Gasteiger partial charge in [-0.15, -0.1) is 0 Å². The Morgan fingerprint density at radius 2 is 1.96 bits per heavy atom. The molecule has 3 nitrogen and oxygen atoms in total. The van der Waals surface area contributed by atoms with Gasteiger partial charge in [0, 0.05) is 18.2 Å². The molecule has 0 aliphatic rings. The van der Waals surface area contributed by atoms with Gasteiger partial charge in [0.15, 0.2) is 5.13 Å². The average molecular weight is 326 g/mol. The number of carbonyl (C=O) groups excluding carboxylic acids is 1. The number of carbonyl (C=O) groups is 1. The van der Waals surface area contributed by atoms with Gasteiger partial charge in [-0.05, 0) is 31.2 Å². The van der Waals surface area contributed by atoms with Crippen molar-refractivity contribution in [3.8, 4) is 0 Å². The quantitative estimate of drug-likeness (QED) is 0.661. The molecule has 1 aromatic heterocycles. The molecule has 0 saturated carbocycles. The minimum Gasteiger partial charge on any atom is -0.285 e. The molecule has 1 heterocycles. The molecule has 0 unspecified atom stereocenters. The van der Waals surface area contributed by atoms with Crippen LogP contribution in [0, 0.1) is 5.82 Å². The van der Waals surface area contributed by atoms with Crippen LogP contribution in [0.25, 0.3) is 16.3 Å². The molecule has 0 N–H and O–H groups in total. The number of amides is 1. The van der Waals surface area contributed by atoms with Crippen LogP contribution in [0.4, 0.5) is 9.52 Å². The van der Waals surface area contributed by atoms with Crippen molar-refractivity contribution < 1.29 is 9.18 Å². The van der Waals surface area contributed by atoms with Crippen molar-refractivity contribution in [2.45, 2.75) is 6.92 Å². The molecule has 0 saturated heterocycles. The molecular formula is C18H15FN2OS. The van der Waals surface area contributed by atoms with Crippen molar-refractivity contribution in [1.29, 1.82) is 0 Å². The summed E-state index contributed by atoms with van der Waals surface area (Å²) in [7, 11) is 0. The lowest BCUT2D eigenvalue weighted by molar-refractivity contribution is -0.114. The van der Waals surface area contributed by atoms with Crippen molar-refractivity contribution >= 4 is 38.7 Å². The summed E-state index contributed by atoms with van der Waals surface area (Å²) in [5, 5.41) is 0.650. The standard InChI is InChI=1S/C18H15FN2OS/c1-2-21(18-20-15-9-5-6-10-16(15)23-18)17(22)12-11-13-7-3-4-8-14(13)19/h3-12H,2H2,1H3/b12-11+. The van der Waals surface area contributed by atoms with Gasteiger partial charge < -0.3 is 0 Å². The van der Waals surface area contributed by atoms with Crippen LogP contribution in [0.15, 0.2) is 54.6 Å². The van der Waals surface area contributed by atoms with Crippen LogP contribution in [-0.4, -0.2) is 17.4 Å². The highest BCUT2D eigenvalue weighted by molar-refractivity contribution is 7.22. The molecule has 0 spiro atoms. The van der Waals surface area contributed by atoms with Crippen molar-refractivity contribution in [2.24, 2.45) is 0 Å². The normalized spacial score (nSPS) is 11.2. The molecule has 0 aliphatic heterocycles. The van der Waals surface area contributed by atoms with Crippen LogP contribution in [0.2, 0.25) is 0 Å². The van der Waals surface area contributed by atoms with E-state index in [1.54, 1.807) is 23.1 Å². The highest BCUT2D eigenvalue weighted by Crippen LogP contribution is 2.28. The number of hydrogen-bond acceptors (Lipinski definition) is 3. The maximum atomic E-state index is 13.6. The predicted octanol–water partition coefficient (Wildman–Crippen LogP) is 4.50. The maximum Gasteiger partial charge on any atom is 0.252 e. The maximum absolute atomic E-state index is 13.6. The van der Waals surface area contributed by atoms with Crippen molar-refractivity contribution in [2.75, 3.05) is 11.4 Å². The van der Waals surface area contributed by atoms with Crippen LogP contribution in [-0.2, 0) is 4.79 Å². The molecule has 0 fully saturated rings. The van der Waals surface area contributed by atoms with Gasteiger partial charge in [-0.3, -0.25) is 9.69 Å². The zero-order valence-corrected chi connectivity index (χ0v) is 13.4. The van der Waals surface area contributed by atoms with Gasteiger partial charge in [0.25, 0.3) is 5.91 Å². The second-order valence-corrected chi connectivity index (χ2v) is 5.91. The lowest BCUT2D eigenvalue weighted by atomic mass is 10.2. The average Bonchev–Trinajstić information content (AvgIpc) is 2.98. The van der Waals surface area contributed by atoms with E-state index < -0.39 is 0 Å². The Labute approximate surface area is 137 Å². The monoisotopic (exact) mass is 326 g/mol. The fourth-order valence-corrected chi connectivity index (χ4v) is 3.26. The minimum absolute atomic E-state index is 0.213. The summed E-state index contributed by atoms with van der Waals surface area (Å²) in [5.41, 5.74) is 1.26. The molecule has 2 aromatic carbocycles. The van der Waals surface area contributed by atoms with Crippen molar-refractivity contribution in [3.63, 3.8) is 0 Å². The van der Waals surface area contributed by atoms with Gasteiger partial charge in [-0.1, -0.05) is 41.7 Å². The lowest BCUT2D eigenvalue weighted by Crippen LogP contribution is -2.28. The van der Waals surface area contributed by atoms with Crippen LogP contribution in [0.1, 0.15) is 12.5 Å². The Bertz CT molecular complexity index is 839. The van der Waals surface area contributed by atoms with E-state index in [0.717, 1.165) is 10.2 Å². The topological polar surface area (TPSA) is 33.2 Å². The highest BCUT2D eigenvalue weighted by atomic mass is 32.1. The summed E-state index contributed by atoms with van der Waals surface area (Å²) in [6, 6.07) is 14.1. The summed E-state index contributed by atoms with van der Waals surface area (Å²) in [6.45, 7) is 2.39. The highest BCUT2D eigenvalue weighted by Gasteiger charge is 2.15. The summed E-state index contributed by atoms with van der Waals surface area (Å²) in [6.07, 6.45) is 2.88. The fraction of sp³-hybridized carbons (Fsp3) is 0.111. The number of aromatic nitrogens is 1. The smallest absolute Gasteiger partial charge is 0.252 e. The van der Waals surface area contributed by atoms with Gasteiger partial charge in [0.05, 0.1) is 10.2 Å². The molecular weight excluding hydrogens is 311 g/mol. The van der Waals surface area contributed by atoms with Gasteiger partial charge in [-0.25, -0.2) is 9.37 Å². The number of likely N-dealkylation sites (N-methyl/N-ethyl adjacent to an activating group) is 1. The third-order valence-corrected chi connectivity index (χ3v) is 4.47. The predicted molar refractivity (Wildman–Crippen MR) is 93.1 cm³/mol. The molecule has 3 aromatic rings. The SMILES string of the molecule is CCN(C(=O)/C=C/c1ccccc1F)c1nc2ccccc2s1. The summed E-state index contributed by atoms with van der Waals surface area (Å²) in [5.74, 6) is -0.561. The number of benzene rings is 2. The molecule has 0 aliphatic carbocycles. The number of rotatable bonds is 4. The molecule has 3 rings (SSSR count). The van der Waals surface area contributed by atoms with E-state index in [1.165, 1.54) is 29.6 Å². The third kappa shape index (κ3) is 3.29. The first kappa shape index (κ1) is 15.4. The zero-order chi connectivity index (χ0) is 16.2. The van der Waals surface area contributed by atoms with E-state index >= 15 is 0 Å². The van der Waals surface area contributed by atoms with E-state index in [4.69, 9.17) is 0 Å². The van der Waals surface area contributed by atoms with Crippen LogP contribution in [0.3, 0.4) is 0 Å². The molecule has 5 heteroatoms. The second-order valence-electron chi connectivity index (χ2n) is 4.90. The largest absolute Gasteiger partial charge is 0.285 e. The first-order valence-corrected chi connectivity index (χ1v) is 8.10. The molecule has 0 radical (unpaired) electrons. The molecule has 0 bridgehead atoms. The minimum atomic E-state index is -0.348. The second kappa shape index (κ2) is 6.71. The summed E-state index contributed by atoms with van der Waals surface area (Å²) in [4.78, 5) is 18.5. The Morgan fingerprint density at radius 3 is 2.70 bits per heavy atom. The van der Waals surface area contributed by atoms with Gasteiger partial charge in [-0.2, -0.15) is 0 Å². The molecule has 23 heavy (non-hydrogen) atoms. The first-order valence-electron chi connectivity index (χ1n) is 7.28. The van der Waals surface area contributed by atoms with E-state index in [0.29, 0.717) is 17.2 Å². The fourth-order valence-electron chi connectivity index (χ4n) is 2.22. The van der Waals surface area contributed by atoms with E-state index in [1.807, 2.05) is 31.2 Å². The molecule has 1 amide bonds. The van der Waals surface area contributed by atoms with Crippen LogP contribution in [0.5, 0.6) is 0 Å². The van der Waals surface area contributed by atoms with Gasteiger partial charge in [0.1, 0.15) is 5.82 Å². The van der Waals surface area contributed by atoms with Crippen LogP contribution >= 0.6 is 11.3 Å². The number of anilines is 1. The zero-order valence-electron chi connectivity index (χ0n) is 12.6. The van der Waals surface area contributed by atoms with E-state index in [-0.39, 0.29) is 11.7 Å². The Balaban J connectivity index is 1.85. The van der Waals surface area contributed by atoms with Gasteiger partial charge >= 0.3 is 0 Å². The Kier molecular flexibility index (Phi) is 4.48. The summed E-state index contributed by atoms with van der Waals surface area (Å²) >= 11 is 1.47. The first-order chi connectivity index (χ1) is 11.2. The van der Waals surface area contributed by atoms with Crippen molar-refractivity contribution in [3.05, 3.63) is 66.0 Å². The number of para-hydroxylation sites is 1. The van der Waals surface area contributed by atoms with E-state index in [2.05, 4.69) is 4.98 Å². The Morgan fingerprint density at radius 1 is 1.22 bits per heavy atom. The van der Waals surface area contributed by atoms with Crippen molar-refractivity contribution in [1.82, 2.24) is 4.98 Å². The number of fused-ring (bicyclic) bond motifs is 1. The number of hydrogen-bond donors (Lipinski definition) is 0. The summed E-state index contributed by atoms with van der Waals surface area (Å²) < 4.78 is 14.6. The van der Waals surface area contributed by atoms with E-state index in [9.17, 15) is 9.18 Å². The third-order valence-electron chi connectivity index (χ3n) is 3.41. The van der Waals surface area contributed by atoms with Crippen LogP contribution < -0.4 is 4.90 Å². The number of halogens is 1. The van der Waals surface area contributed by atoms with Gasteiger partial charge in [0.2, 0.25) is 0 Å². The lowest BCUT2D eigenvalue weighted by Gasteiger charge is -2.15. The number of nitrogens with zero attached hydrogens (tertiary/aromatic N) is 2.